The van der Waals surface area contributed by atoms with E-state index in [1.54, 1.807) is 0 Å². The SMILES string of the molecule is CCNC(=NCC(=O)NC1CC1)N(C)CCOc1ccccc1. The van der Waals surface area contributed by atoms with Crippen molar-refractivity contribution in [3.63, 3.8) is 0 Å². The number of carbonyl (C=O) groups is 1. The predicted octanol–water partition coefficient (Wildman–Crippen LogP) is 1.24. The zero-order chi connectivity index (χ0) is 16.5. The quantitative estimate of drug-likeness (QED) is 0.559. The maximum Gasteiger partial charge on any atom is 0.242 e. The maximum atomic E-state index is 11.7. The van der Waals surface area contributed by atoms with Crippen LogP contribution in [0.3, 0.4) is 0 Å². The molecule has 6 heteroatoms. The second-order valence-electron chi connectivity index (χ2n) is 5.60. The number of likely N-dealkylation sites (N-methyl/N-ethyl adjacent to an activating group) is 1. The molecule has 0 spiro atoms. The standard InChI is InChI=1S/C17H26N4O2/c1-3-18-17(19-13-16(22)20-14-9-10-14)21(2)11-12-23-15-7-5-4-6-8-15/h4-8,14H,3,9-13H2,1-2H3,(H,18,19)(H,20,22). The first kappa shape index (κ1) is 17.1. The number of rotatable bonds is 8. The summed E-state index contributed by atoms with van der Waals surface area (Å²) in [5.41, 5.74) is 0. The van der Waals surface area contributed by atoms with Crippen molar-refractivity contribution in [3.05, 3.63) is 30.3 Å². The van der Waals surface area contributed by atoms with Gasteiger partial charge in [0, 0.05) is 19.6 Å². The van der Waals surface area contributed by atoms with E-state index in [1.165, 1.54) is 0 Å². The highest BCUT2D eigenvalue weighted by molar-refractivity contribution is 5.85. The van der Waals surface area contributed by atoms with Crippen LogP contribution < -0.4 is 15.4 Å². The van der Waals surface area contributed by atoms with Crippen molar-refractivity contribution in [1.29, 1.82) is 0 Å². The molecule has 0 atom stereocenters. The number of nitrogens with zero attached hydrogens (tertiary/aromatic N) is 2. The topological polar surface area (TPSA) is 66.0 Å². The summed E-state index contributed by atoms with van der Waals surface area (Å²) < 4.78 is 5.69. The molecule has 1 fully saturated rings. The minimum absolute atomic E-state index is 0.0168. The summed E-state index contributed by atoms with van der Waals surface area (Å²) in [4.78, 5) is 18.1. The number of benzene rings is 1. The van der Waals surface area contributed by atoms with E-state index in [4.69, 9.17) is 4.74 Å². The van der Waals surface area contributed by atoms with Crippen LogP contribution in [-0.2, 0) is 4.79 Å². The highest BCUT2D eigenvalue weighted by Gasteiger charge is 2.22. The number of guanidine groups is 1. The lowest BCUT2D eigenvalue weighted by atomic mass is 10.3. The van der Waals surface area contributed by atoms with Gasteiger partial charge in [-0.25, -0.2) is 4.99 Å². The minimum atomic E-state index is -0.0168. The van der Waals surface area contributed by atoms with Gasteiger partial charge in [-0.1, -0.05) is 18.2 Å². The number of carbonyl (C=O) groups excluding carboxylic acids is 1. The molecule has 2 N–H and O–H groups in total. The van der Waals surface area contributed by atoms with Crippen molar-refractivity contribution in [2.75, 3.05) is 33.3 Å². The monoisotopic (exact) mass is 318 g/mol. The molecule has 1 amide bonds. The molecule has 23 heavy (non-hydrogen) atoms. The Labute approximate surface area is 137 Å². The van der Waals surface area contributed by atoms with Crippen LogP contribution in [0.5, 0.6) is 5.75 Å². The number of aliphatic imine (C=N–C) groups is 1. The molecule has 1 aliphatic rings. The summed E-state index contributed by atoms with van der Waals surface area (Å²) in [6.07, 6.45) is 2.18. The predicted molar refractivity (Wildman–Crippen MR) is 91.7 cm³/mol. The molecule has 1 aromatic carbocycles. The van der Waals surface area contributed by atoms with Crippen LogP contribution in [0, 0.1) is 0 Å². The Morgan fingerprint density at radius 3 is 2.74 bits per heavy atom. The first-order valence-corrected chi connectivity index (χ1v) is 8.15. The van der Waals surface area contributed by atoms with Gasteiger partial charge in [-0.3, -0.25) is 4.79 Å². The molecule has 0 saturated heterocycles. The van der Waals surface area contributed by atoms with Crippen LogP contribution in [0.2, 0.25) is 0 Å². The molecule has 1 aromatic rings. The third-order valence-corrected chi connectivity index (χ3v) is 3.45. The van der Waals surface area contributed by atoms with Gasteiger partial charge in [0.2, 0.25) is 5.91 Å². The van der Waals surface area contributed by atoms with Crippen molar-refractivity contribution in [2.24, 2.45) is 4.99 Å². The van der Waals surface area contributed by atoms with E-state index in [0.29, 0.717) is 19.2 Å². The van der Waals surface area contributed by atoms with Crippen LogP contribution in [0.25, 0.3) is 0 Å². The maximum absolute atomic E-state index is 11.7. The van der Waals surface area contributed by atoms with Gasteiger partial charge in [0.05, 0.1) is 6.54 Å². The summed E-state index contributed by atoms with van der Waals surface area (Å²) >= 11 is 0. The summed E-state index contributed by atoms with van der Waals surface area (Å²) in [7, 11) is 1.94. The van der Waals surface area contributed by atoms with E-state index in [2.05, 4.69) is 15.6 Å². The van der Waals surface area contributed by atoms with Gasteiger partial charge < -0.3 is 20.3 Å². The van der Waals surface area contributed by atoms with Crippen LogP contribution in [0.1, 0.15) is 19.8 Å². The van der Waals surface area contributed by atoms with Gasteiger partial charge in [-0.15, -0.1) is 0 Å². The number of nitrogens with one attached hydrogen (secondary N) is 2. The largest absolute Gasteiger partial charge is 0.492 e. The molecule has 0 bridgehead atoms. The Bertz CT molecular complexity index is 515. The van der Waals surface area contributed by atoms with Crippen LogP contribution >= 0.6 is 0 Å². The first-order valence-electron chi connectivity index (χ1n) is 8.15. The molecule has 0 aromatic heterocycles. The summed E-state index contributed by atoms with van der Waals surface area (Å²) in [5.74, 6) is 1.55. The fourth-order valence-corrected chi connectivity index (χ4v) is 2.04. The number of ether oxygens (including phenoxy) is 1. The Hall–Kier alpha value is -2.24. The summed E-state index contributed by atoms with van der Waals surface area (Å²) in [6.45, 7) is 4.16. The lowest BCUT2D eigenvalue weighted by Crippen LogP contribution is -2.41. The molecule has 0 heterocycles. The molecule has 0 aliphatic heterocycles. The minimum Gasteiger partial charge on any atom is -0.492 e. The van der Waals surface area contributed by atoms with Crippen LogP contribution in [0.4, 0.5) is 0 Å². The average Bonchev–Trinajstić information content (AvgIpc) is 3.36. The number of amides is 1. The van der Waals surface area contributed by atoms with Crippen molar-refractivity contribution < 1.29 is 9.53 Å². The van der Waals surface area contributed by atoms with E-state index >= 15 is 0 Å². The zero-order valence-electron chi connectivity index (χ0n) is 13.9. The Balaban J connectivity index is 1.76. The molecule has 1 aliphatic carbocycles. The molecule has 126 valence electrons. The third kappa shape index (κ3) is 6.59. The zero-order valence-corrected chi connectivity index (χ0v) is 13.9. The van der Waals surface area contributed by atoms with Crippen molar-refractivity contribution >= 4 is 11.9 Å². The van der Waals surface area contributed by atoms with Crippen molar-refractivity contribution in [3.8, 4) is 5.75 Å². The fraction of sp³-hybridized carbons (Fsp3) is 0.529. The fourth-order valence-electron chi connectivity index (χ4n) is 2.04. The van der Waals surface area contributed by atoms with E-state index in [1.807, 2.05) is 49.2 Å². The highest BCUT2D eigenvalue weighted by Crippen LogP contribution is 2.18. The van der Waals surface area contributed by atoms with Crippen molar-refractivity contribution in [1.82, 2.24) is 15.5 Å². The average molecular weight is 318 g/mol. The van der Waals surface area contributed by atoms with Crippen molar-refractivity contribution in [2.45, 2.75) is 25.8 Å². The molecule has 1 saturated carbocycles. The summed E-state index contributed by atoms with van der Waals surface area (Å²) in [6, 6.07) is 10.1. The van der Waals surface area contributed by atoms with E-state index in [9.17, 15) is 4.79 Å². The Kier molecular flexibility index (Phi) is 6.72. The second-order valence-corrected chi connectivity index (χ2v) is 5.60. The normalized spacial score (nSPS) is 14.3. The Morgan fingerprint density at radius 1 is 1.35 bits per heavy atom. The number of hydrogen-bond donors (Lipinski definition) is 2. The molecule has 0 unspecified atom stereocenters. The molecule has 0 radical (unpaired) electrons. The molecule has 2 rings (SSSR count). The smallest absolute Gasteiger partial charge is 0.242 e. The molecular weight excluding hydrogens is 292 g/mol. The van der Waals surface area contributed by atoms with Gasteiger partial charge in [0.25, 0.3) is 0 Å². The van der Waals surface area contributed by atoms with Gasteiger partial charge in [0.15, 0.2) is 5.96 Å². The first-order chi connectivity index (χ1) is 11.2. The van der Waals surface area contributed by atoms with Gasteiger partial charge >= 0.3 is 0 Å². The Morgan fingerprint density at radius 2 is 2.09 bits per heavy atom. The second kappa shape index (κ2) is 9.02. The number of hydrogen-bond acceptors (Lipinski definition) is 3. The lowest BCUT2D eigenvalue weighted by molar-refractivity contribution is -0.119. The third-order valence-electron chi connectivity index (χ3n) is 3.45. The number of para-hydroxylation sites is 1. The van der Waals surface area contributed by atoms with Crippen LogP contribution in [0.15, 0.2) is 35.3 Å². The molecular formula is C17H26N4O2. The van der Waals surface area contributed by atoms with E-state index in [0.717, 1.165) is 31.1 Å². The van der Waals surface area contributed by atoms with Gasteiger partial charge in [0.1, 0.15) is 18.9 Å². The van der Waals surface area contributed by atoms with E-state index in [-0.39, 0.29) is 12.5 Å². The lowest BCUT2D eigenvalue weighted by Gasteiger charge is -2.22. The van der Waals surface area contributed by atoms with Crippen LogP contribution in [-0.4, -0.2) is 56.1 Å². The van der Waals surface area contributed by atoms with Gasteiger partial charge in [-0.2, -0.15) is 0 Å². The molecule has 6 nitrogen and oxygen atoms in total. The summed E-state index contributed by atoms with van der Waals surface area (Å²) in [5, 5.41) is 6.13. The highest BCUT2D eigenvalue weighted by atomic mass is 16.5. The van der Waals surface area contributed by atoms with E-state index < -0.39 is 0 Å². The van der Waals surface area contributed by atoms with Gasteiger partial charge in [-0.05, 0) is 31.9 Å².